The molecule has 9 heteroatoms. The molecule has 5 rings (SSSR count). The van der Waals surface area contributed by atoms with Gasteiger partial charge in [0.25, 0.3) is 0 Å². The van der Waals surface area contributed by atoms with Crippen LogP contribution in [0.1, 0.15) is 35.1 Å². The zero-order valence-electron chi connectivity index (χ0n) is 19.9. The standard InChI is InChI=1S/C26H28N4O5/c1-13-4-9-17-22(14(13)2)28-25(34)26(17)21-20(18(29-26)10-11-19(27)31)23(32)30(24(21)33)12-15-5-7-16(35-3)8-6-15/h4-9,18,20-21,29H,10-12H2,1-3H3,(H2,27,31)(H,28,34)/t18-,20+,21+,26-/m0/s1. The van der Waals surface area contributed by atoms with E-state index in [1.807, 2.05) is 26.0 Å². The molecular formula is C26H28N4O5. The number of ether oxygens (including phenoxy) is 1. The number of hydrogen-bond donors (Lipinski definition) is 3. The predicted octanol–water partition coefficient (Wildman–Crippen LogP) is 1.50. The minimum absolute atomic E-state index is 0.0400. The highest BCUT2D eigenvalue weighted by molar-refractivity contribution is 6.15. The fourth-order valence-corrected chi connectivity index (χ4v) is 5.79. The van der Waals surface area contributed by atoms with Crippen LogP contribution < -0.4 is 21.1 Å². The average Bonchev–Trinajstić information content (AvgIpc) is 3.41. The first-order valence-corrected chi connectivity index (χ1v) is 11.6. The first-order chi connectivity index (χ1) is 16.7. The van der Waals surface area contributed by atoms with Crippen molar-refractivity contribution in [2.75, 3.05) is 12.4 Å². The van der Waals surface area contributed by atoms with E-state index in [9.17, 15) is 19.2 Å². The second-order valence-electron chi connectivity index (χ2n) is 9.56. The molecule has 4 N–H and O–H groups in total. The number of likely N-dealkylation sites (tertiary alicyclic amines) is 1. The molecule has 0 radical (unpaired) electrons. The van der Waals surface area contributed by atoms with Gasteiger partial charge in [-0.2, -0.15) is 0 Å². The molecule has 2 aromatic carbocycles. The lowest BCUT2D eigenvalue weighted by Gasteiger charge is -2.29. The number of anilines is 1. The summed E-state index contributed by atoms with van der Waals surface area (Å²) in [5.74, 6) is -2.63. The molecule has 0 bridgehead atoms. The third kappa shape index (κ3) is 3.33. The van der Waals surface area contributed by atoms with Crippen molar-refractivity contribution in [2.24, 2.45) is 17.6 Å². The number of amides is 4. The van der Waals surface area contributed by atoms with Gasteiger partial charge in [0.05, 0.1) is 25.5 Å². The molecule has 35 heavy (non-hydrogen) atoms. The number of nitrogens with zero attached hydrogens (tertiary/aromatic N) is 1. The highest BCUT2D eigenvalue weighted by Gasteiger charge is 2.70. The molecule has 3 aliphatic rings. The molecule has 1 spiro atoms. The number of hydrogen-bond acceptors (Lipinski definition) is 6. The Labute approximate surface area is 203 Å². The quantitative estimate of drug-likeness (QED) is 0.542. The molecule has 3 aliphatic heterocycles. The number of rotatable bonds is 6. The third-order valence-electron chi connectivity index (χ3n) is 7.71. The zero-order valence-corrected chi connectivity index (χ0v) is 19.9. The molecule has 4 amide bonds. The lowest BCUT2D eigenvalue weighted by Crippen LogP contribution is -2.53. The number of aryl methyl sites for hydroxylation is 1. The van der Waals surface area contributed by atoms with E-state index in [1.54, 1.807) is 31.4 Å². The number of benzene rings is 2. The van der Waals surface area contributed by atoms with Gasteiger partial charge >= 0.3 is 0 Å². The van der Waals surface area contributed by atoms with Crippen molar-refractivity contribution >= 4 is 29.3 Å². The van der Waals surface area contributed by atoms with E-state index in [1.165, 1.54) is 4.90 Å². The maximum absolute atomic E-state index is 13.8. The van der Waals surface area contributed by atoms with Crippen molar-refractivity contribution in [1.82, 2.24) is 10.2 Å². The molecule has 4 atom stereocenters. The van der Waals surface area contributed by atoms with E-state index in [0.717, 1.165) is 16.7 Å². The number of primary amides is 1. The molecule has 2 saturated heterocycles. The third-order valence-corrected chi connectivity index (χ3v) is 7.71. The Morgan fingerprint density at radius 1 is 1.09 bits per heavy atom. The minimum atomic E-state index is -1.39. The fourth-order valence-electron chi connectivity index (χ4n) is 5.79. The normalized spacial score (nSPS) is 26.8. The van der Waals surface area contributed by atoms with Gasteiger partial charge in [-0.1, -0.05) is 24.3 Å². The fraction of sp³-hybridized carbons (Fsp3) is 0.385. The largest absolute Gasteiger partial charge is 0.497 e. The van der Waals surface area contributed by atoms with Crippen molar-refractivity contribution in [2.45, 2.75) is 44.8 Å². The lowest BCUT2D eigenvalue weighted by atomic mass is 9.76. The molecule has 0 saturated carbocycles. The van der Waals surface area contributed by atoms with Gasteiger partial charge < -0.3 is 15.8 Å². The van der Waals surface area contributed by atoms with Crippen LogP contribution >= 0.6 is 0 Å². The highest BCUT2D eigenvalue weighted by Crippen LogP contribution is 2.54. The van der Waals surface area contributed by atoms with E-state index < -0.39 is 35.2 Å². The van der Waals surface area contributed by atoms with Crippen molar-refractivity contribution in [3.8, 4) is 5.75 Å². The topological polar surface area (TPSA) is 131 Å². The van der Waals surface area contributed by atoms with Gasteiger partial charge in [-0.15, -0.1) is 0 Å². The Hall–Kier alpha value is -3.72. The number of nitrogens with one attached hydrogen (secondary N) is 2. The first-order valence-electron chi connectivity index (χ1n) is 11.6. The lowest BCUT2D eigenvalue weighted by molar-refractivity contribution is -0.143. The maximum Gasteiger partial charge on any atom is 0.250 e. The van der Waals surface area contributed by atoms with Crippen LogP contribution in [-0.4, -0.2) is 41.7 Å². The van der Waals surface area contributed by atoms with E-state index in [-0.39, 0.29) is 31.2 Å². The second-order valence-corrected chi connectivity index (χ2v) is 9.56. The SMILES string of the molecule is COc1ccc(CN2C(=O)[C@@H]3[C@H](CCC(N)=O)N[C@]4(C(=O)Nc5c4ccc(C)c5C)[C@H]3C2=O)cc1. The van der Waals surface area contributed by atoms with Gasteiger partial charge in [-0.3, -0.25) is 29.4 Å². The monoisotopic (exact) mass is 476 g/mol. The van der Waals surface area contributed by atoms with Crippen LogP contribution in [0.5, 0.6) is 5.75 Å². The summed E-state index contributed by atoms with van der Waals surface area (Å²) in [5.41, 5.74) is 8.03. The van der Waals surface area contributed by atoms with Crippen molar-refractivity contribution in [3.63, 3.8) is 0 Å². The van der Waals surface area contributed by atoms with E-state index >= 15 is 0 Å². The van der Waals surface area contributed by atoms with Crippen LogP contribution in [0.4, 0.5) is 5.69 Å². The summed E-state index contributed by atoms with van der Waals surface area (Å²) in [4.78, 5) is 53.9. The maximum atomic E-state index is 13.8. The van der Waals surface area contributed by atoms with E-state index in [0.29, 0.717) is 17.0 Å². The Balaban J connectivity index is 1.57. The molecule has 2 aromatic rings. The van der Waals surface area contributed by atoms with E-state index in [4.69, 9.17) is 10.5 Å². The Morgan fingerprint density at radius 3 is 2.46 bits per heavy atom. The van der Waals surface area contributed by atoms with Gasteiger partial charge in [-0.25, -0.2) is 0 Å². The molecule has 0 aromatic heterocycles. The molecule has 0 unspecified atom stereocenters. The summed E-state index contributed by atoms with van der Waals surface area (Å²) >= 11 is 0. The Morgan fingerprint density at radius 2 is 1.80 bits per heavy atom. The summed E-state index contributed by atoms with van der Waals surface area (Å²) in [6.45, 7) is 3.96. The number of carbonyl (C=O) groups excluding carboxylic acids is 4. The Bertz CT molecular complexity index is 1260. The molecule has 0 aliphatic carbocycles. The van der Waals surface area contributed by atoms with Crippen molar-refractivity contribution in [1.29, 1.82) is 0 Å². The molecule has 9 nitrogen and oxygen atoms in total. The van der Waals surface area contributed by atoms with Crippen LogP contribution in [0.25, 0.3) is 0 Å². The zero-order chi connectivity index (χ0) is 25.1. The average molecular weight is 477 g/mol. The number of nitrogens with two attached hydrogens (primary N) is 1. The molecule has 2 fully saturated rings. The highest BCUT2D eigenvalue weighted by atomic mass is 16.5. The van der Waals surface area contributed by atoms with Crippen molar-refractivity contribution < 1.29 is 23.9 Å². The van der Waals surface area contributed by atoms with Crippen LogP contribution in [0, 0.1) is 25.7 Å². The summed E-state index contributed by atoms with van der Waals surface area (Å²) in [6.07, 6.45) is 0.291. The minimum Gasteiger partial charge on any atom is -0.497 e. The molecule has 182 valence electrons. The summed E-state index contributed by atoms with van der Waals surface area (Å²) in [5, 5.41) is 6.29. The van der Waals surface area contributed by atoms with Gasteiger partial charge in [0.2, 0.25) is 23.6 Å². The molecule has 3 heterocycles. The molecular weight excluding hydrogens is 448 g/mol. The van der Waals surface area contributed by atoms with Crippen molar-refractivity contribution in [3.05, 3.63) is 58.7 Å². The van der Waals surface area contributed by atoms with Gasteiger partial charge in [0, 0.05) is 23.7 Å². The number of fused-ring (bicyclic) bond motifs is 4. The Kier molecular flexibility index (Phi) is 5.40. The first kappa shape index (κ1) is 23.0. The van der Waals surface area contributed by atoms with Gasteiger partial charge in [0.15, 0.2) is 0 Å². The van der Waals surface area contributed by atoms with Crippen LogP contribution in [0.15, 0.2) is 36.4 Å². The summed E-state index contributed by atoms with van der Waals surface area (Å²) < 4.78 is 5.19. The van der Waals surface area contributed by atoms with Gasteiger partial charge in [0.1, 0.15) is 11.3 Å². The van der Waals surface area contributed by atoms with E-state index in [2.05, 4.69) is 10.6 Å². The summed E-state index contributed by atoms with van der Waals surface area (Å²) in [7, 11) is 1.57. The predicted molar refractivity (Wildman–Crippen MR) is 127 cm³/mol. The number of carbonyl (C=O) groups is 4. The number of imide groups is 1. The van der Waals surface area contributed by atoms with Gasteiger partial charge in [-0.05, 0) is 49.1 Å². The van der Waals surface area contributed by atoms with Crippen LogP contribution in [0.3, 0.4) is 0 Å². The number of methoxy groups -OCH3 is 1. The second kappa shape index (κ2) is 8.20. The van der Waals surface area contributed by atoms with Crippen LogP contribution in [0.2, 0.25) is 0 Å². The van der Waals surface area contributed by atoms with Crippen LogP contribution in [-0.2, 0) is 31.3 Å². The summed E-state index contributed by atoms with van der Waals surface area (Å²) in [6, 6.07) is 10.4. The smallest absolute Gasteiger partial charge is 0.250 e.